The van der Waals surface area contributed by atoms with E-state index in [1.807, 2.05) is 0 Å². The van der Waals surface area contributed by atoms with E-state index in [1.165, 1.54) is 0 Å². The van der Waals surface area contributed by atoms with Crippen molar-refractivity contribution in [2.45, 2.75) is 13.0 Å². The van der Waals surface area contributed by atoms with E-state index in [9.17, 15) is 0 Å². The number of aliphatic hydroxyl groups is 1. The van der Waals surface area contributed by atoms with E-state index in [4.69, 9.17) is 19.3 Å². The third-order valence-electron chi connectivity index (χ3n) is 2.09. The lowest BCUT2D eigenvalue weighted by Gasteiger charge is -2.12. The molecule has 0 fully saturated rings. The van der Waals surface area contributed by atoms with E-state index in [-0.39, 0.29) is 0 Å². The Bertz CT molecular complexity index is 415. The Morgan fingerprint density at radius 2 is 1.59 bits per heavy atom. The van der Waals surface area contributed by atoms with Crippen LogP contribution in [-0.4, -0.2) is 32.5 Å². The average molecular weight is 236 g/mol. The van der Waals surface area contributed by atoms with E-state index < -0.39 is 6.10 Å². The van der Waals surface area contributed by atoms with Gasteiger partial charge in [-0.05, 0) is 19.1 Å². The molecule has 0 radical (unpaired) electrons. The highest BCUT2D eigenvalue weighted by Gasteiger charge is 2.12. The van der Waals surface area contributed by atoms with Crippen LogP contribution in [-0.2, 0) is 0 Å². The van der Waals surface area contributed by atoms with Crippen LogP contribution in [0.5, 0.6) is 17.2 Å². The normalized spacial score (nSPS) is 11.1. The number of ether oxygens (including phenoxy) is 3. The molecule has 0 bridgehead atoms. The standard InChI is InChI=1S/C13H16O4/c1-9(14)5-6-10-7-11(15-2)13(17-4)12(8-10)16-3/h7-9,14H,1-4H3. The summed E-state index contributed by atoms with van der Waals surface area (Å²) in [7, 11) is 4.63. The molecule has 17 heavy (non-hydrogen) atoms. The summed E-state index contributed by atoms with van der Waals surface area (Å²) in [5, 5.41) is 9.11. The summed E-state index contributed by atoms with van der Waals surface area (Å²) in [5.41, 5.74) is 0.695. The van der Waals surface area contributed by atoms with Gasteiger partial charge in [0.05, 0.1) is 21.3 Å². The first-order valence-electron chi connectivity index (χ1n) is 5.12. The topological polar surface area (TPSA) is 47.9 Å². The molecule has 0 aromatic heterocycles. The highest BCUT2D eigenvalue weighted by molar-refractivity contribution is 5.57. The molecule has 0 amide bonds. The molecular formula is C13H16O4. The highest BCUT2D eigenvalue weighted by atomic mass is 16.5. The van der Waals surface area contributed by atoms with Gasteiger partial charge in [-0.15, -0.1) is 0 Å². The molecule has 1 unspecified atom stereocenters. The predicted molar refractivity (Wildman–Crippen MR) is 64.7 cm³/mol. The molecule has 4 heteroatoms. The smallest absolute Gasteiger partial charge is 0.203 e. The van der Waals surface area contributed by atoms with Gasteiger partial charge in [-0.2, -0.15) is 0 Å². The third-order valence-corrected chi connectivity index (χ3v) is 2.09. The van der Waals surface area contributed by atoms with Crippen molar-refractivity contribution < 1.29 is 19.3 Å². The largest absolute Gasteiger partial charge is 0.493 e. The van der Waals surface area contributed by atoms with Crippen molar-refractivity contribution in [3.05, 3.63) is 17.7 Å². The monoisotopic (exact) mass is 236 g/mol. The summed E-state index contributed by atoms with van der Waals surface area (Å²) < 4.78 is 15.6. The van der Waals surface area contributed by atoms with E-state index in [2.05, 4.69) is 11.8 Å². The molecule has 0 saturated heterocycles. The van der Waals surface area contributed by atoms with Crippen LogP contribution in [0.3, 0.4) is 0 Å². The zero-order chi connectivity index (χ0) is 12.8. The van der Waals surface area contributed by atoms with Gasteiger partial charge in [0.15, 0.2) is 11.5 Å². The van der Waals surface area contributed by atoms with Gasteiger partial charge in [0.25, 0.3) is 0 Å². The van der Waals surface area contributed by atoms with E-state index >= 15 is 0 Å². The summed E-state index contributed by atoms with van der Waals surface area (Å²) in [5.74, 6) is 7.10. The van der Waals surface area contributed by atoms with Gasteiger partial charge in [0.1, 0.15) is 6.10 Å². The molecule has 1 aromatic carbocycles. The molecule has 1 aromatic rings. The van der Waals surface area contributed by atoms with Crippen LogP contribution in [0.25, 0.3) is 0 Å². The quantitative estimate of drug-likeness (QED) is 0.807. The first-order valence-corrected chi connectivity index (χ1v) is 5.12. The maximum atomic E-state index is 9.11. The molecule has 0 spiro atoms. The fraction of sp³-hybridized carbons (Fsp3) is 0.385. The fourth-order valence-corrected chi connectivity index (χ4v) is 1.34. The van der Waals surface area contributed by atoms with Crippen molar-refractivity contribution in [1.82, 2.24) is 0 Å². The lowest BCUT2D eigenvalue weighted by Crippen LogP contribution is -1.96. The molecule has 0 aliphatic rings. The molecular weight excluding hydrogens is 220 g/mol. The van der Waals surface area contributed by atoms with Crippen LogP contribution in [0, 0.1) is 11.8 Å². The van der Waals surface area contributed by atoms with Crippen molar-refractivity contribution in [2.75, 3.05) is 21.3 Å². The summed E-state index contributed by atoms with van der Waals surface area (Å²) in [6, 6.07) is 3.47. The lowest BCUT2D eigenvalue weighted by molar-refractivity contribution is 0.253. The Kier molecular flexibility index (Phi) is 4.68. The van der Waals surface area contributed by atoms with Gasteiger partial charge >= 0.3 is 0 Å². The van der Waals surface area contributed by atoms with Gasteiger partial charge in [0, 0.05) is 5.56 Å². The van der Waals surface area contributed by atoms with Gasteiger partial charge in [-0.3, -0.25) is 0 Å². The predicted octanol–water partition coefficient (Wildman–Crippen LogP) is 1.44. The molecule has 0 aliphatic heterocycles. The number of benzene rings is 1. The summed E-state index contributed by atoms with van der Waals surface area (Å²) in [4.78, 5) is 0. The molecule has 1 atom stereocenters. The van der Waals surface area contributed by atoms with Crippen LogP contribution in [0.15, 0.2) is 12.1 Å². The zero-order valence-corrected chi connectivity index (χ0v) is 10.4. The average Bonchev–Trinajstić information content (AvgIpc) is 2.34. The maximum absolute atomic E-state index is 9.11. The van der Waals surface area contributed by atoms with Crippen molar-refractivity contribution in [3.63, 3.8) is 0 Å². The van der Waals surface area contributed by atoms with Crippen LogP contribution < -0.4 is 14.2 Å². The first-order chi connectivity index (χ1) is 8.12. The second kappa shape index (κ2) is 6.02. The van der Waals surface area contributed by atoms with Crippen molar-refractivity contribution in [2.24, 2.45) is 0 Å². The van der Waals surface area contributed by atoms with Crippen molar-refractivity contribution >= 4 is 0 Å². The molecule has 0 heterocycles. The number of methoxy groups -OCH3 is 3. The number of hydrogen-bond donors (Lipinski definition) is 1. The molecule has 1 N–H and O–H groups in total. The second-order valence-electron chi connectivity index (χ2n) is 3.36. The first kappa shape index (κ1) is 13.2. The Labute approximate surface area is 101 Å². The Balaban J connectivity index is 3.24. The zero-order valence-electron chi connectivity index (χ0n) is 10.4. The van der Waals surface area contributed by atoms with E-state index in [0.29, 0.717) is 22.8 Å². The van der Waals surface area contributed by atoms with Crippen LogP contribution >= 0.6 is 0 Å². The van der Waals surface area contributed by atoms with Gasteiger partial charge in [-0.25, -0.2) is 0 Å². The summed E-state index contributed by atoms with van der Waals surface area (Å²) in [6.45, 7) is 1.60. The molecule has 0 aliphatic carbocycles. The minimum Gasteiger partial charge on any atom is -0.493 e. The summed E-state index contributed by atoms with van der Waals surface area (Å²) in [6.07, 6.45) is -0.672. The molecule has 1 rings (SSSR count). The minimum absolute atomic E-state index is 0.526. The minimum atomic E-state index is -0.672. The fourth-order valence-electron chi connectivity index (χ4n) is 1.34. The van der Waals surface area contributed by atoms with Crippen molar-refractivity contribution in [1.29, 1.82) is 0 Å². The number of hydrogen-bond acceptors (Lipinski definition) is 4. The third kappa shape index (κ3) is 3.30. The molecule has 4 nitrogen and oxygen atoms in total. The van der Waals surface area contributed by atoms with E-state index in [0.717, 1.165) is 0 Å². The number of aliphatic hydroxyl groups excluding tert-OH is 1. The SMILES string of the molecule is COc1cc(C#CC(C)O)cc(OC)c1OC. The Morgan fingerprint density at radius 1 is 1.06 bits per heavy atom. The van der Waals surface area contributed by atoms with Crippen LogP contribution in [0.1, 0.15) is 12.5 Å². The van der Waals surface area contributed by atoms with Crippen molar-refractivity contribution in [3.8, 4) is 29.1 Å². The van der Waals surface area contributed by atoms with Crippen LogP contribution in [0.2, 0.25) is 0 Å². The van der Waals surface area contributed by atoms with Gasteiger partial charge in [-0.1, -0.05) is 11.8 Å². The molecule has 0 saturated carbocycles. The van der Waals surface area contributed by atoms with Gasteiger partial charge < -0.3 is 19.3 Å². The Morgan fingerprint density at radius 3 is 1.94 bits per heavy atom. The van der Waals surface area contributed by atoms with Gasteiger partial charge in [0.2, 0.25) is 5.75 Å². The number of rotatable bonds is 3. The maximum Gasteiger partial charge on any atom is 0.203 e. The van der Waals surface area contributed by atoms with Crippen LogP contribution in [0.4, 0.5) is 0 Å². The lowest BCUT2D eigenvalue weighted by atomic mass is 10.1. The Hall–Kier alpha value is -1.86. The summed E-state index contributed by atoms with van der Waals surface area (Å²) >= 11 is 0. The highest BCUT2D eigenvalue weighted by Crippen LogP contribution is 2.37. The van der Waals surface area contributed by atoms with E-state index in [1.54, 1.807) is 40.4 Å². The molecule has 92 valence electrons. The second-order valence-corrected chi connectivity index (χ2v) is 3.36.